The second kappa shape index (κ2) is 9.60. The highest BCUT2D eigenvalue weighted by Gasteiger charge is 2.27. The third-order valence-electron chi connectivity index (χ3n) is 5.16. The zero-order valence-electron chi connectivity index (χ0n) is 18.1. The highest BCUT2D eigenvalue weighted by atomic mass is 127. The number of hydrogen-bond acceptors (Lipinski definition) is 6. The Kier molecular flexibility index (Phi) is 7.30. The van der Waals surface area contributed by atoms with Gasteiger partial charge in [-0.2, -0.15) is 0 Å². The molecule has 2 aromatic rings. The molecule has 2 aromatic heterocycles. The lowest BCUT2D eigenvalue weighted by Gasteiger charge is -2.31. The number of carboxylic acids is 1. The van der Waals surface area contributed by atoms with Gasteiger partial charge in [0.05, 0.1) is 11.4 Å². The summed E-state index contributed by atoms with van der Waals surface area (Å²) >= 11 is 2.15. The summed E-state index contributed by atoms with van der Waals surface area (Å²) in [4.78, 5) is 31.3. The Morgan fingerprint density at radius 1 is 1.26 bits per heavy atom. The van der Waals surface area contributed by atoms with E-state index in [2.05, 4.69) is 43.2 Å². The predicted octanol–water partition coefficient (Wildman–Crippen LogP) is 4.59. The van der Waals surface area contributed by atoms with Crippen molar-refractivity contribution in [2.45, 2.75) is 68.2 Å². The number of carbonyl (C=O) groups excluding carboxylic acids is 1. The van der Waals surface area contributed by atoms with E-state index in [9.17, 15) is 14.7 Å². The molecule has 1 atom stereocenters. The molecule has 2 heterocycles. The number of ether oxygens (including phenoxy) is 2. The van der Waals surface area contributed by atoms with Crippen molar-refractivity contribution in [2.75, 3.05) is 12.4 Å². The third-order valence-corrected chi connectivity index (χ3v) is 6.34. The lowest BCUT2D eigenvalue weighted by atomic mass is 9.91. The summed E-state index contributed by atoms with van der Waals surface area (Å²) in [6, 6.07) is 2.02. The summed E-state index contributed by atoms with van der Waals surface area (Å²) in [5.74, 6) is -1.03. The average molecular weight is 544 g/mol. The fraction of sp³-hybridized carbons (Fsp3) is 0.571. The first-order chi connectivity index (χ1) is 14.6. The van der Waals surface area contributed by atoms with Crippen LogP contribution in [-0.4, -0.2) is 51.9 Å². The number of anilines is 1. The molecule has 0 aliphatic heterocycles. The van der Waals surface area contributed by atoms with Crippen LogP contribution in [0, 0.1) is 0 Å². The summed E-state index contributed by atoms with van der Waals surface area (Å²) in [5, 5.41) is 16.8. The summed E-state index contributed by atoms with van der Waals surface area (Å²) in [7, 11) is 1.61. The maximum atomic E-state index is 12.0. The zero-order chi connectivity index (χ0) is 22.8. The number of carbonyl (C=O) groups is 2. The number of carboxylic acid groups (broad SMARTS) is 1. The molecule has 1 fully saturated rings. The topological polar surface area (TPSA) is 126 Å². The van der Waals surface area contributed by atoms with E-state index in [0.29, 0.717) is 11.3 Å². The monoisotopic (exact) mass is 544 g/mol. The van der Waals surface area contributed by atoms with Crippen LogP contribution in [0.2, 0.25) is 0 Å². The Bertz CT molecular complexity index is 947. The summed E-state index contributed by atoms with van der Waals surface area (Å²) in [5.41, 5.74) is 1.60. The second-order valence-electron chi connectivity index (χ2n) is 8.73. The van der Waals surface area contributed by atoms with Gasteiger partial charge in [-0.15, -0.1) is 0 Å². The van der Waals surface area contributed by atoms with Crippen LogP contribution in [0.4, 0.5) is 10.5 Å². The van der Waals surface area contributed by atoms with Crippen LogP contribution in [0.1, 0.15) is 66.6 Å². The average Bonchev–Trinajstić information content (AvgIpc) is 3.12. The molecule has 4 N–H and O–H groups in total. The van der Waals surface area contributed by atoms with Gasteiger partial charge >= 0.3 is 12.1 Å². The first kappa shape index (κ1) is 23.6. The number of aromatic amines is 1. The van der Waals surface area contributed by atoms with Gasteiger partial charge in [0.25, 0.3) is 0 Å². The van der Waals surface area contributed by atoms with Gasteiger partial charge in [-0.05, 0) is 75.1 Å². The molecule has 31 heavy (non-hydrogen) atoms. The number of halogens is 1. The minimum absolute atomic E-state index is 0.0460. The molecule has 170 valence electrons. The van der Waals surface area contributed by atoms with Crippen molar-refractivity contribution in [3.8, 4) is 0 Å². The summed E-state index contributed by atoms with van der Waals surface area (Å²) in [6.45, 7) is 5.51. The van der Waals surface area contributed by atoms with Gasteiger partial charge in [-0.25, -0.2) is 14.6 Å². The Labute approximate surface area is 194 Å². The Balaban J connectivity index is 1.72. The van der Waals surface area contributed by atoms with Crippen molar-refractivity contribution >= 4 is 51.4 Å². The van der Waals surface area contributed by atoms with Crippen LogP contribution >= 0.6 is 22.6 Å². The molecule has 9 nitrogen and oxygen atoms in total. The van der Waals surface area contributed by atoms with E-state index in [-0.39, 0.29) is 21.8 Å². The van der Waals surface area contributed by atoms with Gasteiger partial charge in [0.15, 0.2) is 0 Å². The largest absolute Gasteiger partial charge is 0.478 e. The SMILES string of the molecule is COC(I)c1cc2c(NC3CCC(NC(=O)OC(C)(C)C)CC3)c(C(=O)O)cnc2[nH]1. The normalized spacial score (nSPS) is 20.3. The Morgan fingerprint density at radius 2 is 1.90 bits per heavy atom. The van der Waals surface area contributed by atoms with E-state index in [1.807, 2.05) is 26.8 Å². The number of hydrogen-bond donors (Lipinski definition) is 4. The number of nitrogens with zero attached hydrogens (tertiary/aromatic N) is 1. The summed E-state index contributed by atoms with van der Waals surface area (Å²) in [6.07, 6.45) is 4.13. The van der Waals surface area contributed by atoms with Crippen LogP contribution in [0.15, 0.2) is 12.3 Å². The number of nitrogens with one attached hydrogen (secondary N) is 3. The molecule has 1 saturated carbocycles. The van der Waals surface area contributed by atoms with Crippen molar-refractivity contribution < 1.29 is 24.2 Å². The highest BCUT2D eigenvalue weighted by molar-refractivity contribution is 14.1. The van der Waals surface area contributed by atoms with E-state index in [4.69, 9.17) is 9.47 Å². The number of alkyl carbamates (subject to hydrolysis) is 1. The predicted molar refractivity (Wildman–Crippen MR) is 126 cm³/mol. The van der Waals surface area contributed by atoms with Crippen LogP contribution in [0.25, 0.3) is 11.0 Å². The molecule has 1 unspecified atom stereocenters. The Hall–Kier alpha value is -2.08. The number of methoxy groups -OCH3 is 1. The van der Waals surface area contributed by atoms with Crippen LogP contribution < -0.4 is 10.6 Å². The van der Waals surface area contributed by atoms with Gasteiger partial charge in [-0.1, -0.05) is 0 Å². The molecule has 3 rings (SSSR count). The van der Waals surface area contributed by atoms with Crippen LogP contribution in [-0.2, 0) is 9.47 Å². The number of rotatable bonds is 6. The Morgan fingerprint density at radius 3 is 2.48 bits per heavy atom. The fourth-order valence-electron chi connectivity index (χ4n) is 3.72. The van der Waals surface area contributed by atoms with Crippen molar-refractivity contribution in [2.24, 2.45) is 0 Å². The van der Waals surface area contributed by atoms with Gasteiger partial charge in [-0.3, -0.25) is 0 Å². The van der Waals surface area contributed by atoms with Gasteiger partial charge in [0.2, 0.25) is 0 Å². The lowest BCUT2D eigenvalue weighted by Crippen LogP contribution is -2.42. The smallest absolute Gasteiger partial charge is 0.407 e. The minimum Gasteiger partial charge on any atom is -0.478 e. The quantitative estimate of drug-likeness (QED) is 0.310. The molecular weight excluding hydrogens is 515 g/mol. The molecule has 0 spiro atoms. The minimum atomic E-state index is -1.03. The van der Waals surface area contributed by atoms with E-state index in [0.717, 1.165) is 36.8 Å². The molecule has 10 heteroatoms. The number of alkyl halides is 1. The number of aromatic nitrogens is 2. The molecule has 0 saturated heterocycles. The van der Waals surface area contributed by atoms with Gasteiger partial charge in [0, 0.05) is 30.8 Å². The molecule has 1 aliphatic rings. The number of aromatic carboxylic acids is 1. The maximum Gasteiger partial charge on any atom is 0.407 e. The maximum absolute atomic E-state index is 12.0. The van der Waals surface area contributed by atoms with E-state index in [1.54, 1.807) is 7.11 Å². The third kappa shape index (κ3) is 6.00. The molecule has 0 aromatic carbocycles. The molecular formula is C21H29IN4O5. The van der Waals surface area contributed by atoms with E-state index in [1.165, 1.54) is 6.20 Å². The van der Waals surface area contributed by atoms with Gasteiger partial charge < -0.3 is 30.2 Å². The van der Waals surface area contributed by atoms with E-state index >= 15 is 0 Å². The van der Waals surface area contributed by atoms with Crippen molar-refractivity contribution in [1.82, 2.24) is 15.3 Å². The number of pyridine rings is 1. The summed E-state index contributed by atoms with van der Waals surface area (Å²) < 4.78 is 10.5. The second-order valence-corrected chi connectivity index (χ2v) is 9.86. The molecule has 0 radical (unpaired) electrons. The molecule has 1 aliphatic carbocycles. The van der Waals surface area contributed by atoms with Gasteiger partial charge in [0.1, 0.15) is 20.9 Å². The standard InChI is InChI=1S/C21H29IN4O5/c1-21(2,3)31-20(29)25-12-7-5-11(6-8-12)24-16-13-9-15(17(22)30-4)26-18(13)23-10-14(16)19(27)28/h9-12,17H,5-8H2,1-4H3,(H,25,29)(H,27,28)(H2,23,24,26). The van der Waals surface area contributed by atoms with Crippen molar-refractivity contribution in [3.63, 3.8) is 0 Å². The van der Waals surface area contributed by atoms with Crippen molar-refractivity contribution in [3.05, 3.63) is 23.5 Å². The number of amides is 1. The van der Waals surface area contributed by atoms with E-state index < -0.39 is 17.7 Å². The fourth-order valence-corrected chi connectivity index (χ4v) is 4.06. The first-order valence-corrected chi connectivity index (χ1v) is 11.5. The number of H-pyrrole nitrogens is 1. The van der Waals surface area contributed by atoms with Crippen LogP contribution in [0.3, 0.4) is 0 Å². The molecule has 0 bridgehead atoms. The number of fused-ring (bicyclic) bond motifs is 1. The highest BCUT2D eigenvalue weighted by Crippen LogP contribution is 2.33. The van der Waals surface area contributed by atoms with Crippen LogP contribution in [0.5, 0.6) is 0 Å². The van der Waals surface area contributed by atoms with Crippen molar-refractivity contribution in [1.29, 1.82) is 0 Å². The zero-order valence-corrected chi connectivity index (χ0v) is 20.3. The first-order valence-electron chi connectivity index (χ1n) is 10.2. The molecule has 1 amide bonds. The lowest BCUT2D eigenvalue weighted by molar-refractivity contribution is 0.0491.